The van der Waals surface area contributed by atoms with Crippen molar-refractivity contribution in [1.82, 2.24) is 0 Å². The highest BCUT2D eigenvalue weighted by atomic mass is 16.3. The predicted molar refractivity (Wildman–Crippen MR) is 280 cm³/mol. The maximum Gasteiger partial charge on any atom is 0.160 e. The van der Waals surface area contributed by atoms with Crippen molar-refractivity contribution < 1.29 is 4.42 Å². The first-order valence-corrected chi connectivity index (χ1v) is 22.6. The van der Waals surface area contributed by atoms with Crippen LogP contribution in [0.25, 0.3) is 110 Å². The second-order valence-electron chi connectivity index (χ2n) is 17.3. The van der Waals surface area contributed by atoms with Gasteiger partial charge in [-0.05, 0) is 125 Å². The molecule has 0 bridgehead atoms. The lowest BCUT2D eigenvalue weighted by atomic mass is 9.96. The van der Waals surface area contributed by atoms with Crippen molar-refractivity contribution in [2.45, 2.75) is 0 Å². The maximum atomic E-state index is 7.25. The monoisotopic (exact) mass is 839 g/mol. The Bertz CT molecular complexity index is 3990. The van der Waals surface area contributed by atoms with Crippen LogP contribution >= 0.6 is 0 Å². The van der Waals surface area contributed by atoms with Crippen LogP contribution in [-0.2, 0) is 0 Å². The minimum atomic E-state index is 0.849. The number of hydrogen-bond acceptors (Lipinski definition) is 2. The molecule has 0 aliphatic rings. The van der Waals surface area contributed by atoms with Gasteiger partial charge in [-0.2, -0.15) is 0 Å². The van der Waals surface area contributed by atoms with Crippen molar-refractivity contribution >= 4 is 82.1 Å². The van der Waals surface area contributed by atoms with Crippen molar-refractivity contribution in [3.63, 3.8) is 0 Å². The summed E-state index contributed by atoms with van der Waals surface area (Å²) >= 11 is 0. The van der Waals surface area contributed by atoms with Crippen LogP contribution < -0.4 is 4.90 Å². The second kappa shape index (κ2) is 15.5. The van der Waals surface area contributed by atoms with Crippen LogP contribution in [0.5, 0.6) is 0 Å². The van der Waals surface area contributed by atoms with Gasteiger partial charge in [0.1, 0.15) is 5.58 Å². The number of benzene rings is 12. The number of nitrogens with zero attached hydrogens (tertiary/aromatic N) is 1. The normalized spacial score (nSPS) is 11.6. The van der Waals surface area contributed by atoms with E-state index < -0.39 is 0 Å². The number of anilines is 3. The lowest BCUT2D eigenvalue weighted by Gasteiger charge is -2.28. The van der Waals surface area contributed by atoms with Crippen LogP contribution in [0, 0.1) is 0 Å². The summed E-state index contributed by atoms with van der Waals surface area (Å²) in [5.41, 5.74) is 14.1. The van der Waals surface area contributed by atoms with E-state index in [4.69, 9.17) is 4.42 Å². The summed E-state index contributed by atoms with van der Waals surface area (Å²) in [4.78, 5) is 2.41. The number of hydrogen-bond donors (Lipinski definition) is 0. The van der Waals surface area contributed by atoms with E-state index in [0.29, 0.717) is 0 Å². The Morgan fingerprint density at radius 2 is 0.742 bits per heavy atom. The molecule has 0 aliphatic carbocycles. The maximum absolute atomic E-state index is 7.25. The summed E-state index contributed by atoms with van der Waals surface area (Å²) in [6, 6.07) is 90.2. The average Bonchev–Trinajstić information content (AvgIpc) is 3.79. The Hall–Kier alpha value is -8.72. The van der Waals surface area contributed by atoms with E-state index in [9.17, 15) is 0 Å². The van der Waals surface area contributed by atoms with Gasteiger partial charge in [0.05, 0.1) is 11.4 Å². The molecule has 308 valence electrons. The van der Waals surface area contributed by atoms with Crippen LogP contribution in [0.4, 0.5) is 17.1 Å². The SMILES string of the molecule is c1ccc(-c2cccc3c2oc2c(N(c4ccc(-c5ccc6cc(-c7ccc8ccccc8c7)ccc6c5)cc4)c4ccccc4-c4ccc5ccccc5c4)cc4ccccc4c23)cc1. The third kappa shape index (κ3) is 6.42. The molecule has 1 heterocycles. The highest BCUT2D eigenvalue weighted by Crippen LogP contribution is 2.49. The Labute approximate surface area is 382 Å². The molecule has 0 N–H and O–H groups in total. The predicted octanol–water partition coefficient (Wildman–Crippen LogP) is 18.3. The van der Waals surface area contributed by atoms with Crippen molar-refractivity contribution in [3.8, 4) is 44.5 Å². The highest BCUT2D eigenvalue weighted by Gasteiger charge is 2.25. The fourth-order valence-electron chi connectivity index (χ4n) is 10.1. The van der Waals surface area contributed by atoms with E-state index >= 15 is 0 Å². The molecule has 0 unspecified atom stereocenters. The van der Waals surface area contributed by atoms with E-state index in [0.717, 1.165) is 72.2 Å². The quantitative estimate of drug-likeness (QED) is 0.159. The Morgan fingerprint density at radius 1 is 0.258 bits per heavy atom. The first-order chi connectivity index (χ1) is 32.7. The molecular weight excluding hydrogens is 799 g/mol. The van der Waals surface area contributed by atoms with Crippen LogP contribution in [0.1, 0.15) is 0 Å². The van der Waals surface area contributed by atoms with Crippen molar-refractivity contribution in [3.05, 3.63) is 249 Å². The fourth-order valence-corrected chi connectivity index (χ4v) is 10.1. The molecule has 2 nitrogen and oxygen atoms in total. The first-order valence-electron chi connectivity index (χ1n) is 22.6. The standard InChI is InChI=1S/C64H41NO/c1-2-15-45(16-3-1)58-22-12-23-59-62-57-21-9-8-19-53(57)41-61(64(62)66-63(58)59)65(60-24-11-10-20-56(60)54-32-26-43-14-5-7-18-47(43)40-54)55-35-33-44(34-36-55)48-28-29-51-39-52(31-30-50(51)38-48)49-27-25-42-13-4-6-17-46(42)37-49/h1-41H. The van der Waals surface area contributed by atoms with Gasteiger partial charge in [0.25, 0.3) is 0 Å². The number of fused-ring (bicyclic) bond motifs is 8. The van der Waals surface area contributed by atoms with Gasteiger partial charge in [0.15, 0.2) is 5.58 Å². The molecule has 13 rings (SSSR count). The zero-order valence-electron chi connectivity index (χ0n) is 36.0. The minimum Gasteiger partial charge on any atom is -0.453 e. The van der Waals surface area contributed by atoms with Gasteiger partial charge in [-0.15, -0.1) is 0 Å². The summed E-state index contributed by atoms with van der Waals surface area (Å²) < 4.78 is 7.25. The fraction of sp³-hybridized carbons (Fsp3) is 0. The van der Waals surface area contributed by atoms with Crippen LogP contribution in [0.2, 0.25) is 0 Å². The number of rotatable bonds is 7. The second-order valence-corrected chi connectivity index (χ2v) is 17.3. The molecule has 12 aromatic carbocycles. The summed E-state index contributed by atoms with van der Waals surface area (Å²) in [5.74, 6) is 0. The topological polar surface area (TPSA) is 16.4 Å². The molecule has 66 heavy (non-hydrogen) atoms. The third-order valence-electron chi connectivity index (χ3n) is 13.4. The summed E-state index contributed by atoms with van der Waals surface area (Å²) in [6.45, 7) is 0. The van der Waals surface area contributed by atoms with Crippen LogP contribution in [0.15, 0.2) is 253 Å². The van der Waals surface area contributed by atoms with Gasteiger partial charge in [0, 0.05) is 27.6 Å². The molecule has 0 saturated heterocycles. The molecule has 1 aromatic heterocycles. The Morgan fingerprint density at radius 3 is 1.44 bits per heavy atom. The molecule has 13 aromatic rings. The molecule has 0 fully saturated rings. The smallest absolute Gasteiger partial charge is 0.160 e. The van der Waals surface area contributed by atoms with Gasteiger partial charge in [-0.3, -0.25) is 0 Å². The van der Waals surface area contributed by atoms with E-state index in [1.807, 2.05) is 0 Å². The van der Waals surface area contributed by atoms with E-state index in [1.165, 1.54) is 54.4 Å². The Kier molecular flexibility index (Phi) is 8.89. The van der Waals surface area contributed by atoms with Gasteiger partial charge in [-0.25, -0.2) is 0 Å². The average molecular weight is 840 g/mol. The minimum absolute atomic E-state index is 0.849. The summed E-state index contributed by atoms with van der Waals surface area (Å²) in [6.07, 6.45) is 0. The molecule has 0 saturated carbocycles. The number of furan rings is 1. The number of para-hydroxylation sites is 2. The molecule has 0 radical (unpaired) electrons. The zero-order chi connectivity index (χ0) is 43.6. The molecule has 0 spiro atoms. The van der Waals surface area contributed by atoms with Crippen LogP contribution in [-0.4, -0.2) is 0 Å². The summed E-state index contributed by atoms with van der Waals surface area (Å²) in [5, 5.41) is 11.9. The Balaban J connectivity index is 0.978. The van der Waals surface area contributed by atoms with Crippen LogP contribution in [0.3, 0.4) is 0 Å². The van der Waals surface area contributed by atoms with Crippen molar-refractivity contribution in [2.75, 3.05) is 4.90 Å². The third-order valence-corrected chi connectivity index (χ3v) is 13.4. The lowest BCUT2D eigenvalue weighted by molar-refractivity contribution is 0.670. The molecule has 2 heteroatoms. The van der Waals surface area contributed by atoms with Gasteiger partial charge in [-0.1, -0.05) is 200 Å². The first kappa shape index (κ1) is 37.8. The molecule has 0 atom stereocenters. The highest BCUT2D eigenvalue weighted by molar-refractivity contribution is 6.24. The lowest BCUT2D eigenvalue weighted by Crippen LogP contribution is -2.11. The largest absolute Gasteiger partial charge is 0.453 e. The van der Waals surface area contributed by atoms with Gasteiger partial charge >= 0.3 is 0 Å². The van der Waals surface area contributed by atoms with E-state index in [1.54, 1.807) is 0 Å². The van der Waals surface area contributed by atoms with E-state index in [-0.39, 0.29) is 0 Å². The van der Waals surface area contributed by atoms with Crippen molar-refractivity contribution in [1.29, 1.82) is 0 Å². The molecular formula is C64H41NO. The zero-order valence-corrected chi connectivity index (χ0v) is 36.0. The summed E-state index contributed by atoms with van der Waals surface area (Å²) in [7, 11) is 0. The van der Waals surface area contributed by atoms with Gasteiger partial charge in [0.2, 0.25) is 0 Å². The van der Waals surface area contributed by atoms with Crippen molar-refractivity contribution in [2.24, 2.45) is 0 Å². The molecule has 0 amide bonds. The van der Waals surface area contributed by atoms with E-state index in [2.05, 4.69) is 254 Å². The molecule has 0 aliphatic heterocycles. The van der Waals surface area contributed by atoms with Gasteiger partial charge < -0.3 is 9.32 Å².